The fourth-order valence-electron chi connectivity index (χ4n) is 5.67. The number of carbonyl (C=O) groups is 1. The van der Waals surface area contributed by atoms with Crippen molar-refractivity contribution in [3.63, 3.8) is 0 Å². The summed E-state index contributed by atoms with van der Waals surface area (Å²) >= 11 is 5.70. The van der Waals surface area contributed by atoms with Crippen LogP contribution in [0.5, 0.6) is 0 Å². The van der Waals surface area contributed by atoms with Crippen LogP contribution < -0.4 is 10.2 Å². The second kappa shape index (κ2) is 11.6. The average Bonchev–Trinajstić information content (AvgIpc) is 2.71. The number of benzene rings is 2. The molecule has 0 bridgehead atoms. The Morgan fingerprint density at radius 1 is 0.730 bits per heavy atom. The van der Waals surface area contributed by atoms with Gasteiger partial charge in [-0.1, -0.05) is 93.5 Å². The highest BCUT2D eigenvalue weighted by atomic mass is 32.1. The molecule has 0 unspecified atom stereocenters. The van der Waals surface area contributed by atoms with E-state index in [9.17, 15) is 4.79 Å². The molecule has 0 saturated carbocycles. The quantitative estimate of drug-likeness (QED) is 0.366. The third-order valence-corrected chi connectivity index (χ3v) is 6.73. The molecule has 0 atom stereocenters. The van der Waals surface area contributed by atoms with Gasteiger partial charge in [-0.2, -0.15) is 0 Å². The molecule has 0 radical (unpaired) electrons. The lowest BCUT2D eigenvalue weighted by Gasteiger charge is -2.34. The van der Waals surface area contributed by atoms with Gasteiger partial charge in [0.05, 0.1) is 6.61 Å². The molecule has 0 aliphatic carbocycles. The topological polar surface area (TPSA) is 41.6 Å². The summed E-state index contributed by atoms with van der Waals surface area (Å²) < 4.78 is 5.09. The molecular formula is C32H48N2O2S. The molecule has 5 heteroatoms. The molecule has 0 aliphatic heterocycles. The van der Waals surface area contributed by atoms with Crippen LogP contribution in [0.25, 0.3) is 0 Å². The van der Waals surface area contributed by atoms with Crippen LogP contribution >= 0.6 is 12.2 Å². The maximum absolute atomic E-state index is 12.2. The van der Waals surface area contributed by atoms with Crippen molar-refractivity contribution in [1.29, 1.82) is 0 Å². The van der Waals surface area contributed by atoms with Crippen LogP contribution in [0.15, 0.2) is 48.5 Å². The lowest BCUT2D eigenvalue weighted by molar-refractivity contribution is 0.158. The molecule has 204 valence electrons. The molecule has 0 aromatic heterocycles. The zero-order chi connectivity index (χ0) is 28.2. The molecule has 2 rings (SSSR count). The summed E-state index contributed by atoms with van der Waals surface area (Å²) in [6, 6.07) is 17.0. The second-order valence-corrected chi connectivity index (χ2v) is 14.2. The van der Waals surface area contributed by atoms with Crippen LogP contribution in [0, 0.1) is 10.8 Å². The van der Waals surface area contributed by atoms with Crippen LogP contribution in [0.1, 0.15) is 100 Å². The van der Waals surface area contributed by atoms with Crippen molar-refractivity contribution in [2.45, 2.75) is 99.8 Å². The summed E-state index contributed by atoms with van der Waals surface area (Å²) in [4.78, 5) is 14.1. The van der Waals surface area contributed by atoms with E-state index >= 15 is 0 Å². The van der Waals surface area contributed by atoms with Gasteiger partial charge in [-0.25, -0.2) is 4.79 Å². The molecule has 4 nitrogen and oxygen atoms in total. The maximum Gasteiger partial charge on any atom is 0.413 e. The summed E-state index contributed by atoms with van der Waals surface area (Å²) in [6.07, 6.45) is 1.58. The van der Waals surface area contributed by atoms with Crippen LogP contribution in [-0.2, 0) is 15.6 Å². The molecule has 0 saturated heterocycles. The van der Waals surface area contributed by atoms with Gasteiger partial charge in [0.25, 0.3) is 0 Å². The van der Waals surface area contributed by atoms with Gasteiger partial charge < -0.3 is 4.74 Å². The Morgan fingerprint density at radius 2 is 1.08 bits per heavy atom. The van der Waals surface area contributed by atoms with Gasteiger partial charge in [-0.15, -0.1) is 0 Å². The predicted octanol–water partition coefficient (Wildman–Crippen LogP) is 9.28. The highest BCUT2D eigenvalue weighted by Gasteiger charge is 2.29. The van der Waals surface area contributed by atoms with E-state index in [4.69, 9.17) is 17.0 Å². The number of amides is 1. The van der Waals surface area contributed by atoms with E-state index in [-0.39, 0.29) is 33.4 Å². The van der Waals surface area contributed by atoms with Crippen molar-refractivity contribution >= 4 is 34.8 Å². The molecule has 0 aliphatic rings. The van der Waals surface area contributed by atoms with Crippen LogP contribution in [0.2, 0.25) is 0 Å². The number of hydrogen-bond acceptors (Lipinski definition) is 3. The third kappa shape index (κ3) is 9.14. The van der Waals surface area contributed by atoms with E-state index in [2.05, 4.69) is 123 Å². The largest absolute Gasteiger partial charge is 0.450 e. The molecule has 2 aromatic rings. The number of carbonyl (C=O) groups excluding carboxylic acids is 1. The summed E-state index contributed by atoms with van der Waals surface area (Å²) in [5.74, 6) is 0. The molecule has 1 N–H and O–H groups in total. The van der Waals surface area contributed by atoms with Gasteiger partial charge in [0.1, 0.15) is 0 Å². The van der Waals surface area contributed by atoms with Gasteiger partial charge >= 0.3 is 6.09 Å². The Morgan fingerprint density at radius 3 is 1.38 bits per heavy atom. The number of alkyl carbamates (subject to hydrolysis) is 1. The molecule has 0 heterocycles. The third-order valence-electron chi connectivity index (χ3n) is 6.45. The minimum absolute atomic E-state index is 0.0333. The van der Waals surface area contributed by atoms with Crippen LogP contribution in [0.4, 0.5) is 16.2 Å². The Bertz CT molecular complexity index is 984. The van der Waals surface area contributed by atoms with Gasteiger partial charge in [0, 0.05) is 11.4 Å². The Kier molecular flexibility index (Phi) is 9.62. The number of nitrogens with zero attached hydrogens (tertiary/aromatic N) is 1. The maximum atomic E-state index is 12.2. The van der Waals surface area contributed by atoms with Crippen molar-refractivity contribution < 1.29 is 9.53 Å². The normalized spacial score (nSPS) is 12.7. The summed E-state index contributed by atoms with van der Waals surface area (Å²) in [5.41, 5.74) is 4.84. The summed E-state index contributed by atoms with van der Waals surface area (Å²) in [5, 5.41) is 3.01. The molecule has 0 spiro atoms. The smallest absolute Gasteiger partial charge is 0.413 e. The van der Waals surface area contributed by atoms with E-state index in [1.165, 1.54) is 11.1 Å². The van der Waals surface area contributed by atoms with Crippen molar-refractivity contribution in [1.82, 2.24) is 5.32 Å². The van der Waals surface area contributed by atoms with Crippen LogP contribution in [-0.4, -0.2) is 17.8 Å². The van der Waals surface area contributed by atoms with Crippen molar-refractivity contribution in [3.05, 3.63) is 59.7 Å². The van der Waals surface area contributed by atoms with E-state index in [1.807, 2.05) is 4.90 Å². The molecular weight excluding hydrogens is 476 g/mol. The van der Waals surface area contributed by atoms with Gasteiger partial charge in [0.15, 0.2) is 5.11 Å². The molecule has 0 fully saturated rings. The fraction of sp³-hybridized carbons (Fsp3) is 0.562. The second-order valence-electron chi connectivity index (χ2n) is 13.8. The number of hydrogen-bond donors (Lipinski definition) is 1. The Balaban J connectivity index is 2.45. The zero-order valence-corrected chi connectivity index (χ0v) is 25.7. The highest BCUT2D eigenvalue weighted by molar-refractivity contribution is 7.80. The van der Waals surface area contributed by atoms with Crippen molar-refractivity contribution in [2.24, 2.45) is 10.8 Å². The summed E-state index contributed by atoms with van der Waals surface area (Å²) in [7, 11) is 0. The molecule has 37 heavy (non-hydrogen) atoms. The molecule has 1 amide bonds. The van der Waals surface area contributed by atoms with Crippen molar-refractivity contribution in [2.75, 3.05) is 11.5 Å². The first-order chi connectivity index (χ1) is 16.8. The first kappa shape index (κ1) is 30.8. The van der Waals surface area contributed by atoms with E-state index in [1.54, 1.807) is 6.92 Å². The van der Waals surface area contributed by atoms with Gasteiger partial charge in [0.2, 0.25) is 0 Å². The van der Waals surface area contributed by atoms with E-state index < -0.39 is 6.09 Å². The fourth-order valence-corrected chi connectivity index (χ4v) is 5.97. The van der Waals surface area contributed by atoms with Gasteiger partial charge in [-0.05, 0) is 89.0 Å². The number of rotatable bonds is 7. The van der Waals surface area contributed by atoms with Crippen LogP contribution in [0.3, 0.4) is 0 Å². The number of anilines is 2. The highest BCUT2D eigenvalue weighted by Crippen LogP contribution is 2.39. The first-order valence-corrected chi connectivity index (χ1v) is 13.7. The van der Waals surface area contributed by atoms with E-state index in [0.29, 0.717) is 0 Å². The Labute approximate surface area is 231 Å². The average molecular weight is 525 g/mol. The Hall–Kier alpha value is -2.40. The molecule has 2 aromatic carbocycles. The number of ether oxygens (including phenoxy) is 1. The number of thiocarbonyl (C=S) groups is 1. The minimum Gasteiger partial charge on any atom is -0.450 e. The van der Waals surface area contributed by atoms with Crippen molar-refractivity contribution in [3.8, 4) is 0 Å². The first-order valence-electron chi connectivity index (χ1n) is 13.3. The predicted molar refractivity (Wildman–Crippen MR) is 162 cm³/mol. The lowest BCUT2D eigenvalue weighted by Crippen LogP contribution is -2.40. The summed E-state index contributed by atoms with van der Waals surface area (Å²) in [6.45, 7) is 24.9. The lowest BCUT2D eigenvalue weighted by atomic mass is 9.72. The zero-order valence-electron chi connectivity index (χ0n) is 24.9. The SMILES string of the molecule is CCOC(=O)NC(=S)N(c1ccc(C(C)(C)CC(C)(C)C)cc1)c1ccc(C(C)(C)CC(C)(C)C)cc1. The minimum atomic E-state index is -0.552. The number of nitrogens with one attached hydrogen (secondary N) is 1. The standard InChI is InChI=1S/C32H48N2O2S/c1-12-36-28(35)33-27(37)34(25-17-13-23(14-18-25)31(8,9)21-29(2,3)4)26-19-15-24(16-20-26)32(10,11)22-30(5,6)7/h13-20H,12,21-22H2,1-11H3,(H,33,35,37). The monoisotopic (exact) mass is 524 g/mol. The van der Waals surface area contributed by atoms with Gasteiger partial charge in [-0.3, -0.25) is 10.2 Å². The van der Waals surface area contributed by atoms with E-state index in [0.717, 1.165) is 24.2 Å².